The first-order valence-electron chi connectivity index (χ1n) is 6.43. The topological polar surface area (TPSA) is 22.1 Å². The molecule has 2 aromatic carbocycles. The van der Waals surface area contributed by atoms with Gasteiger partial charge in [-0.25, -0.2) is 4.98 Å². The Hall–Kier alpha value is -2.13. The zero-order valence-corrected chi connectivity index (χ0v) is 12.3. The van der Waals surface area contributed by atoms with Crippen molar-refractivity contribution in [2.75, 3.05) is 7.11 Å². The van der Waals surface area contributed by atoms with E-state index < -0.39 is 0 Å². The molecule has 20 heavy (non-hydrogen) atoms. The minimum absolute atomic E-state index is 0.878. The first kappa shape index (κ1) is 12.9. The van der Waals surface area contributed by atoms with Gasteiger partial charge < -0.3 is 4.74 Å². The fraction of sp³-hybridized carbons (Fsp3) is 0.118. The molecule has 0 unspecified atom stereocenters. The van der Waals surface area contributed by atoms with Crippen molar-refractivity contribution in [1.82, 2.24) is 4.98 Å². The summed E-state index contributed by atoms with van der Waals surface area (Å²) in [4.78, 5) is 5.67. The van der Waals surface area contributed by atoms with Crippen molar-refractivity contribution >= 4 is 11.3 Å². The molecular weight excluding hydrogens is 266 g/mol. The lowest BCUT2D eigenvalue weighted by atomic mass is 10.0. The number of methoxy groups -OCH3 is 1. The lowest BCUT2D eigenvalue weighted by Gasteiger charge is -2.05. The molecule has 1 heterocycles. The van der Waals surface area contributed by atoms with Gasteiger partial charge in [0.2, 0.25) is 0 Å². The molecule has 0 aliphatic carbocycles. The Morgan fingerprint density at radius 3 is 1.90 bits per heavy atom. The average Bonchev–Trinajstić information content (AvgIpc) is 2.94. The van der Waals surface area contributed by atoms with Crippen molar-refractivity contribution in [3.05, 3.63) is 58.9 Å². The number of hydrogen-bond acceptors (Lipinski definition) is 3. The first-order chi connectivity index (χ1) is 9.78. The van der Waals surface area contributed by atoms with Crippen LogP contribution < -0.4 is 4.74 Å². The Balaban J connectivity index is 1.91. The Morgan fingerprint density at radius 2 is 1.40 bits per heavy atom. The Bertz CT molecular complexity index is 699. The van der Waals surface area contributed by atoms with E-state index in [0.29, 0.717) is 0 Å². The van der Waals surface area contributed by atoms with Crippen LogP contribution in [0.15, 0.2) is 54.0 Å². The molecule has 0 saturated heterocycles. The molecule has 0 N–H and O–H groups in total. The van der Waals surface area contributed by atoms with Crippen molar-refractivity contribution in [2.45, 2.75) is 6.92 Å². The second-order valence-electron chi connectivity index (χ2n) is 4.56. The van der Waals surface area contributed by atoms with Crippen LogP contribution in [0.2, 0.25) is 0 Å². The standard InChI is InChI=1S/C17H15NOS/c1-12-17(18-11-20-12)15-5-3-13(4-6-15)14-7-9-16(19-2)10-8-14/h3-11H,1-2H3. The third kappa shape index (κ3) is 2.45. The van der Waals surface area contributed by atoms with Gasteiger partial charge in [0.25, 0.3) is 0 Å². The molecule has 1 aromatic heterocycles. The summed E-state index contributed by atoms with van der Waals surface area (Å²) in [7, 11) is 1.68. The number of nitrogens with zero attached hydrogens (tertiary/aromatic N) is 1. The second-order valence-corrected chi connectivity index (χ2v) is 5.62. The first-order valence-corrected chi connectivity index (χ1v) is 7.31. The summed E-state index contributed by atoms with van der Waals surface area (Å²) < 4.78 is 5.18. The zero-order chi connectivity index (χ0) is 13.9. The molecule has 0 saturated carbocycles. The van der Waals surface area contributed by atoms with Crippen molar-refractivity contribution in [2.24, 2.45) is 0 Å². The molecule has 100 valence electrons. The SMILES string of the molecule is COc1ccc(-c2ccc(-c3ncsc3C)cc2)cc1. The highest BCUT2D eigenvalue weighted by Crippen LogP contribution is 2.28. The van der Waals surface area contributed by atoms with Crippen molar-refractivity contribution in [3.8, 4) is 28.1 Å². The maximum absolute atomic E-state index is 5.18. The van der Waals surface area contributed by atoms with Gasteiger partial charge in [0.05, 0.1) is 18.3 Å². The monoisotopic (exact) mass is 281 g/mol. The van der Waals surface area contributed by atoms with Crippen LogP contribution in [-0.2, 0) is 0 Å². The van der Waals surface area contributed by atoms with E-state index >= 15 is 0 Å². The van der Waals surface area contributed by atoms with Crippen LogP contribution in [0.25, 0.3) is 22.4 Å². The number of ether oxygens (including phenoxy) is 1. The molecule has 2 nitrogen and oxygen atoms in total. The Kier molecular flexibility index (Phi) is 3.52. The molecule has 3 aromatic rings. The van der Waals surface area contributed by atoms with E-state index in [1.54, 1.807) is 18.4 Å². The van der Waals surface area contributed by atoms with Gasteiger partial charge >= 0.3 is 0 Å². The summed E-state index contributed by atoms with van der Waals surface area (Å²) in [6.45, 7) is 2.10. The fourth-order valence-corrected chi connectivity index (χ4v) is 2.79. The van der Waals surface area contributed by atoms with E-state index in [1.807, 2.05) is 17.6 Å². The van der Waals surface area contributed by atoms with Crippen LogP contribution in [-0.4, -0.2) is 12.1 Å². The molecule has 0 radical (unpaired) electrons. The minimum Gasteiger partial charge on any atom is -0.497 e. The molecule has 0 atom stereocenters. The van der Waals surface area contributed by atoms with Crippen LogP contribution in [0.1, 0.15) is 4.88 Å². The van der Waals surface area contributed by atoms with Gasteiger partial charge in [-0.2, -0.15) is 0 Å². The molecule has 3 rings (SSSR count). The number of thiazole rings is 1. The van der Waals surface area contributed by atoms with Gasteiger partial charge in [-0.05, 0) is 30.2 Å². The normalized spacial score (nSPS) is 10.5. The van der Waals surface area contributed by atoms with Crippen molar-refractivity contribution < 1.29 is 4.74 Å². The molecule has 0 amide bonds. The summed E-state index contributed by atoms with van der Waals surface area (Å²) in [6, 6.07) is 16.6. The van der Waals surface area contributed by atoms with Crippen LogP contribution in [0, 0.1) is 6.92 Å². The largest absolute Gasteiger partial charge is 0.497 e. The van der Waals surface area contributed by atoms with Crippen molar-refractivity contribution in [1.29, 1.82) is 0 Å². The van der Waals surface area contributed by atoms with Crippen LogP contribution in [0.4, 0.5) is 0 Å². The summed E-state index contributed by atoms with van der Waals surface area (Å²) in [5.74, 6) is 0.878. The van der Waals surface area contributed by atoms with E-state index in [2.05, 4.69) is 48.3 Å². The Morgan fingerprint density at radius 1 is 0.850 bits per heavy atom. The number of aryl methyl sites for hydroxylation is 1. The molecule has 0 spiro atoms. The van der Waals surface area contributed by atoms with E-state index in [0.717, 1.165) is 11.4 Å². The second kappa shape index (κ2) is 5.47. The predicted molar refractivity (Wildman–Crippen MR) is 84.3 cm³/mol. The highest BCUT2D eigenvalue weighted by Gasteiger charge is 2.05. The Labute approximate surface area is 122 Å². The average molecular weight is 281 g/mol. The number of benzene rings is 2. The molecule has 0 fully saturated rings. The number of aromatic nitrogens is 1. The van der Waals surface area contributed by atoms with Crippen LogP contribution in [0.3, 0.4) is 0 Å². The quantitative estimate of drug-likeness (QED) is 0.688. The number of rotatable bonds is 3. The maximum atomic E-state index is 5.18. The van der Waals surface area contributed by atoms with Gasteiger partial charge in [0.1, 0.15) is 5.75 Å². The van der Waals surface area contributed by atoms with Gasteiger partial charge in [-0.15, -0.1) is 11.3 Å². The predicted octanol–water partition coefficient (Wildman–Crippen LogP) is 4.79. The van der Waals surface area contributed by atoms with Gasteiger partial charge in [-0.1, -0.05) is 36.4 Å². The lowest BCUT2D eigenvalue weighted by Crippen LogP contribution is -1.84. The molecule has 0 bridgehead atoms. The van der Waals surface area contributed by atoms with Gasteiger partial charge in [0.15, 0.2) is 0 Å². The highest BCUT2D eigenvalue weighted by molar-refractivity contribution is 7.10. The van der Waals surface area contributed by atoms with Crippen LogP contribution >= 0.6 is 11.3 Å². The molecule has 0 aliphatic heterocycles. The lowest BCUT2D eigenvalue weighted by molar-refractivity contribution is 0.415. The maximum Gasteiger partial charge on any atom is 0.118 e. The molecule has 0 aliphatic rings. The summed E-state index contributed by atoms with van der Waals surface area (Å²) >= 11 is 1.68. The summed E-state index contributed by atoms with van der Waals surface area (Å²) in [6.07, 6.45) is 0. The van der Waals surface area contributed by atoms with E-state index in [-0.39, 0.29) is 0 Å². The van der Waals surface area contributed by atoms with E-state index in [9.17, 15) is 0 Å². The van der Waals surface area contributed by atoms with Crippen molar-refractivity contribution in [3.63, 3.8) is 0 Å². The van der Waals surface area contributed by atoms with Gasteiger partial charge in [-0.3, -0.25) is 0 Å². The number of hydrogen-bond donors (Lipinski definition) is 0. The van der Waals surface area contributed by atoms with E-state index in [1.165, 1.54) is 21.6 Å². The highest BCUT2D eigenvalue weighted by atomic mass is 32.1. The minimum atomic E-state index is 0.878. The fourth-order valence-electron chi connectivity index (χ4n) is 2.19. The summed E-state index contributed by atoms with van der Waals surface area (Å²) in [5, 5.41) is 0. The molecule has 3 heteroatoms. The smallest absolute Gasteiger partial charge is 0.118 e. The summed E-state index contributed by atoms with van der Waals surface area (Å²) in [5.41, 5.74) is 6.52. The third-order valence-corrected chi connectivity index (χ3v) is 4.08. The zero-order valence-electron chi connectivity index (χ0n) is 11.5. The van der Waals surface area contributed by atoms with Crippen LogP contribution in [0.5, 0.6) is 5.75 Å². The van der Waals surface area contributed by atoms with E-state index in [4.69, 9.17) is 4.74 Å². The third-order valence-electron chi connectivity index (χ3n) is 3.33. The van der Waals surface area contributed by atoms with Gasteiger partial charge in [0, 0.05) is 10.4 Å². The molecular formula is C17H15NOS.